The van der Waals surface area contributed by atoms with Gasteiger partial charge in [0.15, 0.2) is 0 Å². The Kier molecular flexibility index (Phi) is 5.70. The van der Waals surface area contributed by atoms with Gasteiger partial charge in [-0.15, -0.1) is 0 Å². The molecule has 0 spiro atoms. The molecule has 164 valence electrons. The van der Waals surface area contributed by atoms with Crippen LogP contribution in [-0.2, 0) is 10.2 Å². The first-order valence-corrected chi connectivity index (χ1v) is 10.8. The molecule has 3 heterocycles. The van der Waals surface area contributed by atoms with Crippen molar-refractivity contribution in [1.29, 1.82) is 0 Å². The number of pyridine rings is 2. The number of amides is 1. The zero-order valence-electron chi connectivity index (χ0n) is 18.5. The van der Waals surface area contributed by atoms with Gasteiger partial charge in [-0.3, -0.25) is 14.4 Å². The first-order chi connectivity index (χ1) is 15.2. The molecule has 1 aliphatic heterocycles. The minimum Gasteiger partial charge on any atom is -0.350 e. The second kappa shape index (κ2) is 8.46. The van der Waals surface area contributed by atoms with Gasteiger partial charge in [0.25, 0.3) is 11.1 Å². The quantitative estimate of drug-likeness (QED) is 0.590. The van der Waals surface area contributed by atoms with Gasteiger partial charge in [0.2, 0.25) is 5.91 Å². The summed E-state index contributed by atoms with van der Waals surface area (Å²) in [6.07, 6.45) is 4.73. The Morgan fingerprint density at radius 1 is 0.938 bits per heavy atom. The van der Waals surface area contributed by atoms with Crippen LogP contribution >= 0.6 is 0 Å². The number of hydrogen-bond donors (Lipinski definition) is 3. The Morgan fingerprint density at radius 3 is 2.25 bits per heavy atom. The highest BCUT2D eigenvalue weighted by Gasteiger charge is 2.21. The number of rotatable bonds is 4. The molecule has 1 atom stereocenters. The Morgan fingerprint density at radius 2 is 1.66 bits per heavy atom. The van der Waals surface area contributed by atoms with Crippen LogP contribution in [0.5, 0.6) is 0 Å². The van der Waals surface area contributed by atoms with Crippen LogP contribution in [-0.4, -0.2) is 21.9 Å². The average Bonchev–Trinajstić information content (AvgIpc) is 3.17. The monoisotopic (exact) mass is 429 g/mol. The maximum Gasteiger partial charge on any atom is 0.256 e. The summed E-state index contributed by atoms with van der Waals surface area (Å²) < 4.78 is 0. The third kappa shape index (κ3) is 4.49. The molecule has 0 saturated carbocycles. The molecule has 3 N–H and O–H groups in total. The van der Waals surface area contributed by atoms with E-state index < -0.39 is 0 Å². The van der Waals surface area contributed by atoms with Gasteiger partial charge in [0.1, 0.15) is 0 Å². The fraction of sp³-hybridized carbons (Fsp3) is 0.269. The van der Waals surface area contributed by atoms with Crippen molar-refractivity contribution in [1.82, 2.24) is 15.3 Å². The molecule has 6 nitrogen and oxygen atoms in total. The molecular weight excluding hydrogens is 402 g/mol. The van der Waals surface area contributed by atoms with E-state index in [1.54, 1.807) is 18.2 Å². The zero-order valence-corrected chi connectivity index (χ0v) is 18.5. The fourth-order valence-corrected chi connectivity index (χ4v) is 3.93. The summed E-state index contributed by atoms with van der Waals surface area (Å²) >= 11 is 0. The van der Waals surface area contributed by atoms with Crippen LogP contribution in [0.2, 0.25) is 0 Å². The lowest BCUT2D eigenvalue weighted by Crippen LogP contribution is -2.24. The fourth-order valence-electron chi connectivity index (χ4n) is 3.93. The van der Waals surface area contributed by atoms with Gasteiger partial charge in [0, 0.05) is 29.9 Å². The van der Waals surface area contributed by atoms with E-state index in [1.165, 1.54) is 11.8 Å². The number of nitrogens with one attached hydrogen (secondary N) is 3. The molecule has 1 aromatic carbocycles. The maximum atomic E-state index is 12.9. The van der Waals surface area contributed by atoms with E-state index in [-0.39, 0.29) is 28.5 Å². The lowest BCUT2D eigenvalue weighted by molar-refractivity contribution is -0.119. The van der Waals surface area contributed by atoms with E-state index in [0.717, 1.165) is 11.1 Å². The van der Waals surface area contributed by atoms with E-state index in [4.69, 9.17) is 0 Å². The molecule has 1 fully saturated rings. The Bertz CT molecular complexity index is 1290. The predicted octanol–water partition coefficient (Wildman–Crippen LogP) is 3.74. The lowest BCUT2D eigenvalue weighted by atomic mass is 9.86. The number of carbonyl (C=O) groups excluding carboxylic acids is 1. The summed E-state index contributed by atoms with van der Waals surface area (Å²) in [6, 6.07) is 15.0. The second-order valence-corrected chi connectivity index (χ2v) is 9.15. The summed E-state index contributed by atoms with van der Waals surface area (Å²) in [4.78, 5) is 42.3. The lowest BCUT2D eigenvalue weighted by Gasteiger charge is -2.20. The Labute approximate surface area is 186 Å². The van der Waals surface area contributed by atoms with Crippen molar-refractivity contribution in [2.45, 2.75) is 45.1 Å². The topological polar surface area (TPSA) is 94.8 Å². The summed E-state index contributed by atoms with van der Waals surface area (Å²) in [6.45, 7) is 6.48. The molecule has 1 aliphatic rings. The van der Waals surface area contributed by atoms with Gasteiger partial charge in [0.05, 0.1) is 11.1 Å². The van der Waals surface area contributed by atoms with Crippen LogP contribution in [0, 0.1) is 0 Å². The number of aromatic nitrogens is 2. The van der Waals surface area contributed by atoms with Gasteiger partial charge < -0.3 is 15.3 Å². The SMILES string of the molecule is CC(C)(C)c1ccc(C(=C[C@H]2CCC(=O)N2)c2ccc(-c3ccc[nH]c3=O)c(=O)[nH]2)cc1. The summed E-state index contributed by atoms with van der Waals surface area (Å²) in [5.41, 5.74) is 3.64. The molecule has 0 unspecified atom stereocenters. The number of H-pyrrole nitrogens is 2. The third-order valence-corrected chi connectivity index (χ3v) is 5.77. The summed E-state index contributed by atoms with van der Waals surface area (Å²) in [5.74, 6) is 0.0285. The number of aromatic amines is 2. The first-order valence-electron chi connectivity index (χ1n) is 10.8. The van der Waals surface area contributed by atoms with Crippen LogP contribution in [0.3, 0.4) is 0 Å². The van der Waals surface area contributed by atoms with Crippen LogP contribution in [0.25, 0.3) is 16.7 Å². The van der Waals surface area contributed by atoms with E-state index in [1.807, 2.05) is 24.3 Å². The van der Waals surface area contributed by atoms with E-state index in [0.29, 0.717) is 29.7 Å². The van der Waals surface area contributed by atoms with Crippen molar-refractivity contribution >= 4 is 11.5 Å². The highest BCUT2D eigenvalue weighted by Crippen LogP contribution is 2.28. The van der Waals surface area contributed by atoms with Crippen molar-refractivity contribution in [2.24, 2.45) is 0 Å². The van der Waals surface area contributed by atoms with Gasteiger partial charge in [-0.2, -0.15) is 0 Å². The third-order valence-electron chi connectivity index (χ3n) is 5.77. The molecular formula is C26H27N3O3. The molecule has 3 aromatic rings. The van der Waals surface area contributed by atoms with Crippen molar-refractivity contribution in [2.75, 3.05) is 0 Å². The highest BCUT2D eigenvalue weighted by molar-refractivity contribution is 5.82. The first kappa shape index (κ1) is 21.6. The molecule has 2 aromatic heterocycles. The Hall–Kier alpha value is -3.67. The smallest absolute Gasteiger partial charge is 0.256 e. The van der Waals surface area contributed by atoms with Crippen LogP contribution in [0.1, 0.15) is 50.4 Å². The van der Waals surface area contributed by atoms with Crippen LogP contribution < -0.4 is 16.4 Å². The normalized spacial score (nSPS) is 16.8. The molecule has 0 aliphatic carbocycles. The molecule has 1 amide bonds. The minimum atomic E-state index is -0.341. The van der Waals surface area contributed by atoms with E-state index in [9.17, 15) is 14.4 Å². The van der Waals surface area contributed by atoms with Gasteiger partial charge in [-0.05, 0) is 47.2 Å². The van der Waals surface area contributed by atoms with Gasteiger partial charge >= 0.3 is 0 Å². The molecule has 0 bridgehead atoms. The summed E-state index contributed by atoms with van der Waals surface area (Å²) in [7, 11) is 0. The number of carbonyl (C=O) groups is 1. The molecule has 0 radical (unpaired) electrons. The van der Waals surface area contributed by atoms with E-state index >= 15 is 0 Å². The largest absolute Gasteiger partial charge is 0.350 e. The second-order valence-electron chi connectivity index (χ2n) is 9.15. The highest BCUT2D eigenvalue weighted by atomic mass is 16.2. The minimum absolute atomic E-state index is 0.0283. The van der Waals surface area contributed by atoms with Crippen molar-refractivity contribution < 1.29 is 4.79 Å². The molecule has 1 saturated heterocycles. The zero-order chi connectivity index (χ0) is 22.9. The van der Waals surface area contributed by atoms with Gasteiger partial charge in [-0.1, -0.05) is 51.1 Å². The standard InChI is InChI=1S/C26H27N3O3/c1-26(2,3)17-8-6-16(7-9-17)21(15-18-10-13-23(30)28-18)22-12-11-20(25(32)29-22)19-5-4-14-27-24(19)31/h4-9,11-12,14-15,18H,10,13H2,1-3H3,(H,27,31)(H,28,30)(H,29,32)/t18-/m1/s1. The number of hydrogen-bond acceptors (Lipinski definition) is 3. The van der Waals surface area contributed by atoms with E-state index in [2.05, 4.69) is 48.2 Å². The van der Waals surface area contributed by atoms with Crippen molar-refractivity contribution in [3.8, 4) is 11.1 Å². The average molecular weight is 430 g/mol. The van der Waals surface area contributed by atoms with Gasteiger partial charge in [-0.25, -0.2) is 0 Å². The van der Waals surface area contributed by atoms with Crippen molar-refractivity contribution in [3.05, 3.63) is 98.3 Å². The number of benzene rings is 1. The Balaban J connectivity index is 1.78. The van der Waals surface area contributed by atoms with Crippen molar-refractivity contribution in [3.63, 3.8) is 0 Å². The summed E-state index contributed by atoms with van der Waals surface area (Å²) in [5, 5.41) is 2.97. The molecule has 32 heavy (non-hydrogen) atoms. The molecule has 6 heteroatoms. The van der Waals surface area contributed by atoms with Crippen LogP contribution in [0.15, 0.2) is 70.4 Å². The maximum absolute atomic E-state index is 12.9. The predicted molar refractivity (Wildman–Crippen MR) is 127 cm³/mol. The van der Waals surface area contributed by atoms with Crippen LogP contribution in [0.4, 0.5) is 0 Å². The molecule has 4 rings (SSSR count).